The number of nitrogens with one attached hydrogen (secondary N) is 2. The number of carbonyl (C=O) groups excluding carboxylic acids is 2. The molecule has 2 N–H and O–H groups in total. The van der Waals surface area contributed by atoms with E-state index in [1.807, 2.05) is 20.1 Å². The number of aromatic nitrogens is 1. The second kappa shape index (κ2) is 6.96. The van der Waals surface area contributed by atoms with Crippen LogP contribution >= 0.6 is 34.7 Å². The monoisotopic (exact) mass is 307 g/mol. The topological polar surface area (TPSA) is 71.1 Å². The minimum absolute atomic E-state index is 0.00788. The number of alkyl halides is 1. The maximum absolute atomic E-state index is 11.9. The highest BCUT2D eigenvalue weighted by molar-refractivity contribution is 8.00. The minimum atomic E-state index is -0.355. The zero-order valence-electron chi connectivity index (χ0n) is 10.2. The van der Waals surface area contributed by atoms with Gasteiger partial charge in [0.05, 0.1) is 0 Å². The molecule has 5 nitrogen and oxygen atoms in total. The summed E-state index contributed by atoms with van der Waals surface area (Å²) in [6.45, 7) is 3.72. The number of anilines is 1. The van der Waals surface area contributed by atoms with Gasteiger partial charge in [-0.2, -0.15) is 0 Å². The van der Waals surface area contributed by atoms with E-state index in [0.717, 1.165) is 0 Å². The number of halogens is 1. The average molecular weight is 308 g/mol. The molecule has 0 saturated carbocycles. The quantitative estimate of drug-likeness (QED) is 0.646. The Bertz CT molecular complexity index is 448. The lowest BCUT2D eigenvalue weighted by molar-refractivity contribution is -0.113. The van der Waals surface area contributed by atoms with Crippen LogP contribution < -0.4 is 10.6 Å². The molecule has 0 bridgehead atoms. The van der Waals surface area contributed by atoms with Crippen molar-refractivity contribution in [2.45, 2.75) is 24.2 Å². The van der Waals surface area contributed by atoms with Crippen LogP contribution in [0.15, 0.2) is 4.34 Å². The highest BCUT2D eigenvalue weighted by atomic mass is 35.5. The molecule has 0 spiro atoms. The van der Waals surface area contributed by atoms with Crippen LogP contribution in [0, 0.1) is 0 Å². The molecule has 0 unspecified atom stereocenters. The molecule has 2 amide bonds. The van der Waals surface area contributed by atoms with Gasteiger partial charge < -0.3 is 10.6 Å². The highest BCUT2D eigenvalue weighted by Gasteiger charge is 2.20. The summed E-state index contributed by atoms with van der Waals surface area (Å²) in [5, 5.41) is 5.75. The summed E-state index contributed by atoms with van der Waals surface area (Å²) in [4.78, 5) is 27.4. The van der Waals surface area contributed by atoms with Crippen molar-refractivity contribution >= 4 is 51.5 Å². The summed E-state index contributed by atoms with van der Waals surface area (Å²) in [6.07, 6.45) is 1.86. The molecule has 0 radical (unpaired) electrons. The molecule has 0 aliphatic carbocycles. The largest absolute Gasteiger partial charge is 0.348 e. The third-order valence-electron chi connectivity index (χ3n) is 1.79. The third kappa shape index (κ3) is 4.15. The van der Waals surface area contributed by atoms with Gasteiger partial charge in [0.25, 0.3) is 5.91 Å². The SMILES string of the molecule is CSc1nc(C(=O)NC(C)C)c(NC(=O)CCl)s1. The number of thiazole rings is 1. The normalized spacial score (nSPS) is 10.5. The van der Waals surface area contributed by atoms with E-state index >= 15 is 0 Å². The first kappa shape index (κ1) is 15.3. The molecule has 0 aromatic carbocycles. The number of hydrogen-bond acceptors (Lipinski definition) is 5. The van der Waals surface area contributed by atoms with Crippen LogP contribution in [0.3, 0.4) is 0 Å². The zero-order chi connectivity index (χ0) is 13.7. The molecular weight excluding hydrogens is 294 g/mol. The van der Waals surface area contributed by atoms with Crippen LogP contribution in [-0.4, -0.2) is 35.0 Å². The molecule has 8 heteroatoms. The maximum atomic E-state index is 11.9. The molecule has 1 heterocycles. The second-order valence-electron chi connectivity index (χ2n) is 3.67. The molecule has 1 rings (SSSR count). The van der Waals surface area contributed by atoms with Gasteiger partial charge in [-0.05, 0) is 20.1 Å². The van der Waals surface area contributed by atoms with Crippen LogP contribution in [0.4, 0.5) is 5.00 Å². The van der Waals surface area contributed by atoms with E-state index in [-0.39, 0.29) is 29.4 Å². The molecule has 0 fully saturated rings. The molecule has 0 atom stereocenters. The Morgan fingerprint density at radius 2 is 2.17 bits per heavy atom. The van der Waals surface area contributed by atoms with Crippen LogP contribution in [0.1, 0.15) is 24.3 Å². The lowest BCUT2D eigenvalue weighted by Gasteiger charge is -2.07. The molecule has 1 aromatic rings. The Balaban J connectivity index is 2.97. The summed E-state index contributed by atoms with van der Waals surface area (Å²) in [6, 6.07) is 0.00788. The van der Waals surface area contributed by atoms with Crippen molar-refractivity contribution in [3.8, 4) is 0 Å². The van der Waals surface area contributed by atoms with Crippen LogP contribution in [0.25, 0.3) is 0 Å². The van der Waals surface area contributed by atoms with E-state index in [1.165, 1.54) is 23.1 Å². The molecule has 0 saturated heterocycles. The first-order valence-corrected chi connectivity index (χ1v) is 7.77. The van der Waals surface area contributed by atoms with Crippen molar-refractivity contribution in [1.82, 2.24) is 10.3 Å². The number of thioether (sulfide) groups is 1. The predicted molar refractivity (Wildman–Crippen MR) is 75.8 cm³/mol. The molecule has 0 aliphatic rings. The molecule has 1 aromatic heterocycles. The van der Waals surface area contributed by atoms with Crippen LogP contribution in [0.2, 0.25) is 0 Å². The molecular formula is C10H14ClN3O2S2. The van der Waals surface area contributed by atoms with Crippen molar-refractivity contribution in [3.05, 3.63) is 5.69 Å². The van der Waals surface area contributed by atoms with Crippen molar-refractivity contribution in [2.24, 2.45) is 0 Å². The molecule has 0 aliphatic heterocycles. The number of nitrogens with zero attached hydrogens (tertiary/aromatic N) is 1. The van der Waals surface area contributed by atoms with E-state index in [4.69, 9.17) is 11.6 Å². The summed E-state index contributed by atoms with van der Waals surface area (Å²) >= 11 is 8.10. The molecule has 18 heavy (non-hydrogen) atoms. The van der Waals surface area contributed by atoms with Crippen molar-refractivity contribution < 1.29 is 9.59 Å². The third-order valence-corrected chi connectivity index (χ3v) is 3.99. The van der Waals surface area contributed by atoms with Crippen molar-refractivity contribution in [1.29, 1.82) is 0 Å². The fourth-order valence-electron chi connectivity index (χ4n) is 1.12. The standard InChI is InChI=1S/C10H14ClN3O2S2/c1-5(2)12-8(16)7-9(13-6(15)4-11)18-10(14-7)17-3/h5H,4H2,1-3H3,(H,12,16)(H,13,15). The van der Waals surface area contributed by atoms with Gasteiger partial charge >= 0.3 is 0 Å². The first-order chi connectivity index (χ1) is 8.47. The Morgan fingerprint density at radius 3 is 2.67 bits per heavy atom. The van der Waals surface area contributed by atoms with Gasteiger partial charge in [0, 0.05) is 6.04 Å². The van der Waals surface area contributed by atoms with Gasteiger partial charge in [-0.3, -0.25) is 9.59 Å². The Hall–Kier alpha value is -0.790. The molecule has 100 valence electrons. The fraction of sp³-hybridized carbons (Fsp3) is 0.500. The summed E-state index contributed by atoms with van der Waals surface area (Å²) < 4.78 is 0.716. The predicted octanol–water partition coefficient (Wildman–Crippen LogP) is 2.18. The van der Waals surface area contributed by atoms with Gasteiger partial charge in [-0.1, -0.05) is 23.1 Å². The van der Waals surface area contributed by atoms with E-state index in [2.05, 4.69) is 15.6 Å². The number of amides is 2. The van der Waals surface area contributed by atoms with Gasteiger partial charge in [0.1, 0.15) is 10.9 Å². The Morgan fingerprint density at radius 1 is 1.50 bits per heavy atom. The lowest BCUT2D eigenvalue weighted by atomic mass is 10.3. The number of hydrogen-bond donors (Lipinski definition) is 2. The van der Waals surface area contributed by atoms with E-state index in [9.17, 15) is 9.59 Å². The van der Waals surface area contributed by atoms with E-state index in [0.29, 0.717) is 9.34 Å². The minimum Gasteiger partial charge on any atom is -0.348 e. The van der Waals surface area contributed by atoms with Crippen molar-refractivity contribution in [3.63, 3.8) is 0 Å². The van der Waals surface area contributed by atoms with Crippen LogP contribution in [-0.2, 0) is 4.79 Å². The van der Waals surface area contributed by atoms with E-state index < -0.39 is 0 Å². The zero-order valence-corrected chi connectivity index (χ0v) is 12.6. The summed E-state index contributed by atoms with van der Waals surface area (Å²) in [5.41, 5.74) is 0.233. The van der Waals surface area contributed by atoms with Gasteiger partial charge in [0.15, 0.2) is 10.0 Å². The lowest BCUT2D eigenvalue weighted by Crippen LogP contribution is -2.31. The summed E-state index contributed by atoms with van der Waals surface area (Å²) in [5.74, 6) is -0.810. The number of carbonyl (C=O) groups is 2. The first-order valence-electron chi connectivity index (χ1n) is 5.19. The Kier molecular flexibility index (Phi) is 5.90. The highest BCUT2D eigenvalue weighted by Crippen LogP contribution is 2.30. The van der Waals surface area contributed by atoms with Crippen LogP contribution in [0.5, 0.6) is 0 Å². The fourth-order valence-corrected chi connectivity index (χ4v) is 2.66. The summed E-state index contributed by atoms with van der Waals surface area (Å²) in [7, 11) is 0. The average Bonchev–Trinajstić information content (AvgIpc) is 2.71. The van der Waals surface area contributed by atoms with Gasteiger partial charge in [-0.15, -0.1) is 11.6 Å². The van der Waals surface area contributed by atoms with E-state index in [1.54, 1.807) is 0 Å². The Labute approximate surface area is 119 Å². The number of rotatable bonds is 5. The second-order valence-corrected chi connectivity index (χ2v) is 5.99. The van der Waals surface area contributed by atoms with Crippen molar-refractivity contribution in [2.75, 3.05) is 17.5 Å². The van der Waals surface area contributed by atoms with Gasteiger partial charge in [0.2, 0.25) is 5.91 Å². The maximum Gasteiger partial charge on any atom is 0.273 e. The smallest absolute Gasteiger partial charge is 0.273 e. The van der Waals surface area contributed by atoms with Gasteiger partial charge in [-0.25, -0.2) is 4.98 Å².